The molecular formula is C26H32ClN5O. The minimum atomic E-state index is -0.235. The summed E-state index contributed by atoms with van der Waals surface area (Å²) in [5.41, 5.74) is 5.55. The van der Waals surface area contributed by atoms with E-state index >= 15 is 0 Å². The van der Waals surface area contributed by atoms with Crippen LogP contribution in [0.4, 0.5) is 5.69 Å². The molecule has 0 radical (unpaired) electrons. The fourth-order valence-electron chi connectivity index (χ4n) is 3.54. The summed E-state index contributed by atoms with van der Waals surface area (Å²) in [6.07, 6.45) is 0. The lowest BCUT2D eigenvalue weighted by Gasteiger charge is -2.19. The molecule has 0 aliphatic carbocycles. The van der Waals surface area contributed by atoms with Gasteiger partial charge >= 0.3 is 0 Å². The number of amides is 1. The summed E-state index contributed by atoms with van der Waals surface area (Å²) in [7, 11) is 0. The molecule has 7 heteroatoms. The quantitative estimate of drug-likeness (QED) is 0.365. The topological polar surface area (TPSA) is 71.3 Å². The second-order valence-corrected chi connectivity index (χ2v) is 9.48. The van der Waals surface area contributed by atoms with E-state index < -0.39 is 0 Å². The maximum atomic E-state index is 13.0. The van der Waals surface area contributed by atoms with Crippen LogP contribution in [0.2, 0.25) is 5.02 Å². The third-order valence-electron chi connectivity index (χ3n) is 5.56. The molecule has 3 rings (SSSR count). The van der Waals surface area contributed by atoms with E-state index in [0.717, 1.165) is 29.2 Å². The van der Waals surface area contributed by atoms with Crippen molar-refractivity contribution in [2.24, 2.45) is 4.99 Å². The number of hydrogen-bond donors (Lipinski definition) is 2. The highest BCUT2D eigenvalue weighted by molar-refractivity contribution is 6.31. The van der Waals surface area contributed by atoms with Gasteiger partial charge < -0.3 is 5.32 Å². The van der Waals surface area contributed by atoms with Gasteiger partial charge in [0.2, 0.25) is 5.96 Å². The van der Waals surface area contributed by atoms with Gasteiger partial charge in [0.15, 0.2) is 0 Å². The Bertz CT molecular complexity index is 1160. The molecule has 174 valence electrons. The first kappa shape index (κ1) is 24.5. The van der Waals surface area contributed by atoms with Gasteiger partial charge in [-0.05, 0) is 62.1 Å². The van der Waals surface area contributed by atoms with E-state index in [1.807, 2.05) is 54.9 Å². The zero-order valence-electron chi connectivity index (χ0n) is 20.2. The largest absolute Gasteiger partial charge is 0.326 e. The number of guanidine groups is 1. The number of rotatable bonds is 5. The fraction of sp³-hybridized carbons (Fsp3) is 0.346. The van der Waals surface area contributed by atoms with Crippen molar-refractivity contribution in [2.45, 2.75) is 60.0 Å². The van der Waals surface area contributed by atoms with Crippen molar-refractivity contribution in [3.8, 4) is 0 Å². The first-order valence-corrected chi connectivity index (χ1v) is 11.5. The van der Waals surface area contributed by atoms with Crippen LogP contribution in [-0.2, 0) is 18.5 Å². The van der Waals surface area contributed by atoms with Crippen LogP contribution in [0.5, 0.6) is 0 Å². The number of anilines is 1. The maximum Gasteiger partial charge on any atom is 0.257 e. The van der Waals surface area contributed by atoms with Gasteiger partial charge in [-0.1, -0.05) is 50.6 Å². The third-order valence-corrected chi connectivity index (χ3v) is 5.79. The Hall–Kier alpha value is -3.12. The number of carbonyl (C=O) groups is 1. The Morgan fingerprint density at radius 2 is 1.82 bits per heavy atom. The van der Waals surface area contributed by atoms with Crippen molar-refractivity contribution in [1.82, 2.24) is 15.1 Å². The Balaban J connectivity index is 1.86. The summed E-state index contributed by atoms with van der Waals surface area (Å²) >= 11 is 6.14. The van der Waals surface area contributed by atoms with Crippen LogP contribution in [0.25, 0.3) is 0 Å². The average Bonchev–Trinajstić information content (AvgIpc) is 3.04. The van der Waals surface area contributed by atoms with Crippen LogP contribution in [0.3, 0.4) is 0 Å². The summed E-state index contributed by atoms with van der Waals surface area (Å²) in [6.45, 7) is 13.7. The van der Waals surface area contributed by atoms with Gasteiger partial charge in [0.05, 0.1) is 12.2 Å². The highest BCUT2D eigenvalue weighted by atomic mass is 35.5. The van der Waals surface area contributed by atoms with Gasteiger partial charge in [0.25, 0.3) is 5.91 Å². The van der Waals surface area contributed by atoms with Crippen LogP contribution in [0.1, 0.15) is 60.6 Å². The number of aryl methyl sites for hydroxylation is 2. The summed E-state index contributed by atoms with van der Waals surface area (Å²) in [5.74, 6) is 0.117. The van der Waals surface area contributed by atoms with E-state index in [2.05, 4.69) is 48.4 Å². The summed E-state index contributed by atoms with van der Waals surface area (Å²) in [6, 6.07) is 15.0. The lowest BCUT2D eigenvalue weighted by Crippen LogP contribution is -2.36. The predicted octanol–water partition coefficient (Wildman–Crippen LogP) is 5.87. The molecular weight excluding hydrogens is 434 g/mol. The Morgan fingerprint density at radius 1 is 1.12 bits per heavy atom. The number of nitrogens with one attached hydrogen (secondary N) is 2. The molecule has 0 saturated heterocycles. The average molecular weight is 466 g/mol. The molecule has 33 heavy (non-hydrogen) atoms. The molecule has 0 aliphatic heterocycles. The number of aliphatic imine (C=N–C) groups is 1. The predicted molar refractivity (Wildman–Crippen MR) is 136 cm³/mol. The zero-order valence-corrected chi connectivity index (χ0v) is 20.9. The van der Waals surface area contributed by atoms with Crippen molar-refractivity contribution in [3.05, 3.63) is 81.6 Å². The molecule has 1 aromatic heterocycles. The smallest absolute Gasteiger partial charge is 0.257 e. The summed E-state index contributed by atoms with van der Waals surface area (Å²) < 4.78 is 1.96. The van der Waals surface area contributed by atoms with E-state index in [4.69, 9.17) is 11.6 Å². The van der Waals surface area contributed by atoms with Gasteiger partial charge in [0.1, 0.15) is 0 Å². The number of aromatic nitrogens is 2. The molecule has 0 saturated carbocycles. The number of hydrogen-bond acceptors (Lipinski definition) is 3. The Labute approximate surface area is 201 Å². The number of halogens is 1. The van der Waals surface area contributed by atoms with Crippen molar-refractivity contribution in [3.63, 3.8) is 0 Å². The normalized spacial score (nSPS) is 12.0. The van der Waals surface area contributed by atoms with Crippen LogP contribution < -0.4 is 10.6 Å². The molecule has 0 unspecified atom stereocenters. The third kappa shape index (κ3) is 6.23. The molecule has 1 heterocycles. The molecule has 0 bridgehead atoms. The standard InChI is InChI=1S/C26H32ClN5O/c1-7-32-18(3)23(17(2)31-32)16-28-25(29-22-10-8-9-21(27)15-22)30-24(33)19-11-13-20(14-12-19)26(4,5)6/h8-15H,7,16H2,1-6H3,(H2,28,29,30,33). The molecule has 6 nitrogen and oxygen atoms in total. The SMILES string of the molecule is CCn1nc(C)c(CN=C(NC(=O)c2ccc(C(C)(C)C)cc2)Nc2cccc(Cl)c2)c1C. The van der Waals surface area contributed by atoms with Gasteiger partial charge in [-0.3, -0.25) is 14.8 Å². The van der Waals surface area contributed by atoms with Crippen LogP contribution >= 0.6 is 11.6 Å². The van der Waals surface area contributed by atoms with Crippen molar-refractivity contribution in [2.75, 3.05) is 5.32 Å². The highest BCUT2D eigenvalue weighted by Crippen LogP contribution is 2.22. The number of carbonyl (C=O) groups excluding carboxylic acids is 1. The van der Waals surface area contributed by atoms with Crippen LogP contribution in [0, 0.1) is 13.8 Å². The second kappa shape index (κ2) is 10.2. The van der Waals surface area contributed by atoms with Crippen LogP contribution in [0.15, 0.2) is 53.5 Å². The van der Waals surface area contributed by atoms with Crippen molar-refractivity contribution < 1.29 is 4.79 Å². The highest BCUT2D eigenvalue weighted by Gasteiger charge is 2.16. The monoisotopic (exact) mass is 465 g/mol. The minimum Gasteiger partial charge on any atom is -0.326 e. The molecule has 3 aromatic rings. The van der Waals surface area contributed by atoms with E-state index in [1.54, 1.807) is 12.1 Å². The Morgan fingerprint density at radius 3 is 2.39 bits per heavy atom. The molecule has 0 fully saturated rings. The first-order chi connectivity index (χ1) is 15.6. The van der Waals surface area contributed by atoms with Crippen LogP contribution in [-0.4, -0.2) is 21.6 Å². The summed E-state index contributed by atoms with van der Waals surface area (Å²) in [4.78, 5) is 17.7. The molecule has 1 amide bonds. The number of nitrogens with zero attached hydrogens (tertiary/aromatic N) is 3. The lowest BCUT2D eigenvalue weighted by atomic mass is 9.87. The summed E-state index contributed by atoms with van der Waals surface area (Å²) in [5, 5.41) is 11.3. The fourth-order valence-corrected chi connectivity index (χ4v) is 3.73. The second-order valence-electron chi connectivity index (χ2n) is 9.05. The van der Waals surface area contributed by atoms with Crippen molar-refractivity contribution in [1.29, 1.82) is 0 Å². The molecule has 2 N–H and O–H groups in total. The maximum absolute atomic E-state index is 13.0. The zero-order chi connectivity index (χ0) is 24.2. The van der Waals surface area contributed by atoms with E-state index in [1.165, 1.54) is 5.56 Å². The van der Waals surface area contributed by atoms with E-state index in [9.17, 15) is 4.79 Å². The van der Waals surface area contributed by atoms with Gasteiger partial charge in [-0.15, -0.1) is 0 Å². The lowest BCUT2D eigenvalue weighted by molar-refractivity contribution is 0.0977. The number of benzene rings is 2. The molecule has 0 spiro atoms. The molecule has 0 atom stereocenters. The minimum absolute atomic E-state index is 0.0222. The first-order valence-electron chi connectivity index (χ1n) is 11.1. The molecule has 2 aromatic carbocycles. The van der Waals surface area contributed by atoms with E-state index in [0.29, 0.717) is 23.1 Å². The molecule has 0 aliphatic rings. The van der Waals surface area contributed by atoms with Gasteiger partial charge in [-0.2, -0.15) is 5.10 Å². The Kier molecular flexibility index (Phi) is 7.59. The van der Waals surface area contributed by atoms with E-state index in [-0.39, 0.29) is 11.3 Å². The van der Waals surface area contributed by atoms with Gasteiger partial charge in [-0.25, -0.2) is 4.99 Å². The van der Waals surface area contributed by atoms with Gasteiger partial charge in [0, 0.05) is 34.1 Å². The van der Waals surface area contributed by atoms with Crippen molar-refractivity contribution >= 4 is 29.2 Å².